The van der Waals surface area contributed by atoms with Crippen LogP contribution in [-0.2, 0) is 49.2 Å². The van der Waals surface area contributed by atoms with Gasteiger partial charge in [0, 0.05) is 49.0 Å². The lowest BCUT2D eigenvalue weighted by molar-refractivity contribution is -0.134. The van der Waals surface area contributed by atoms with Crippen molar-refractivity contribution in [3.63, 3.8) is 0 Å². The molecule has 3 aliphatic rings. The molecule has 3 amide bonds. The van der Waals surface area contributed by atoms with Crippen LogP contribution in [0, 0.1) is 0 Å². The SMILES string of the molecule is CC(C)(C)OC(=O)N1Cc2ccccc2CC1C(=O)N[C@H](CC(=O)N1CCC2(CC1)CN(S(C)(=O)=O)c1ccccc12)Cc1ccc(Cl)cc1. The van der Waals surface area contributed by atoms with Crippen LogP contribution >= 0.6 is 11.6 Å². The Bertz CT molecular complexity index is 1870. The summed E-state index contributed by atoms with van der Waals surface area (Å²) in [6.45, 7) is 6.92. The van der Waals surface area contributed by atoms with Crippen molar-refractivity contribution in [3.8, 4) is 0 Å². The largest absolute Gasteiger partial charge is 0.444 e. The number of nitrogens with one attached hydrogen (secondary N) is 1. The number of likely N-dealkylation sites (tertiary alicyclic amines) is 1. The number of halogens is 1. The molecule has 3 aromatic rings. The molecule has 10 nitrogen and oxygen atoms in total. The Kier molecular flexibility index (Phi) is 9.94. The van der Waals surface area contributed by atoms with E-state index in [-0.39, 0.29) is 30.2 Å². The van der Waals surface area contributed by atoms with E-state index in [0.717, 1.165) is 22.3 Å². The van der Waals surface area contributed by atoms with Crippen molar-refractivity contribution in [1.29, 1.82) is 0 Å². The Morgan fingerprint density at radius 3 is 2.26 bits per heavy atom. The minimum Gasteiger partial charge on any atom is -0.444 e. The van der Waals surface area contributed by atoms with E-state index >= 15 is 0 Å². The number of ether oxygens (including phenoxy) is 1. The number of anilines is 1. The van der Waals surface area contributed by atoms with Gasteiger partial charge in [-0.1, -0.05) is 66.2 Å². The molecule has 2 atom stereocenters. The van der Waals surface area contributed by atoms with Gasteiger partial charge in [0.1, 0.15) is 11.6 Å². The van der Waals surface area contributed by atoms with Crippen molar-refractivity contribution in [2.45, 2.75) is 82.5 Å². The second kappa shape index (κ2) is 13.9. The van der Waals surface area contributed by atoms with Crippen LogP contribution in [0.5, 0.6) is 0 Å². The lowest BCUT2D eigenvalue weighted by Crippen LogP contribution is -2.56. The Morgan fingerprint density at radius 2 is 1.60 bits per heavy atom. The molecule has 1 N–H and O–H groups in total. The van der Waals surface area contributed by atoms with Crippen molar-refractivity contribution < 1.29 is 27.5 Å². The van der Waals surface area contributed by atoms with E-state index in [1.807, 2.05) is 65.6 Å². The van der Waals surface area contributed by atoms with Crippen LogP contribution < -0.4 is 9.62 Å². The lowest BCUT2D eigenvalue weighted by atomic mass is 9.74. The molecule has 6 rings (SSSR count). The van der Waals surface area contributed by atoms with E-state index in [2.05, 4.69) is 5.32 Å². The van der Waals surface area contributed by atoms with E-state index in [1.54, 1.807) is 32.9 Å². The number of fused-ring (bicyclic) bond motifs is 3. The number of piperidine rings is 1. The monoisotopic (exact) mass is 720 g/mol. The molecule has 0 radical (unpaired) electrons. The van der Waals surface area contributed by atoms with Gasteiger partial charge in [0.25, 0.3) is 0 Å². The molecular formula is C38H45ClN4O6S. The summed E-state index contributed by atoms with van der Waals surface area (Å²) in [5.74, 6) is -0.443. The highest BCUT2D eigenvalue weighted by Crippen LogP contribution is 2.47. The van der Waals surface area contributed by atoms with Gasteiger partial charge >= 0.3 is 6.09 Å². The Labute approximate surface area is 299 Å². The summed E-state index contributed by atoms with van der Waals surface area (Å²) in [5, 5.41) is 3.73. The average molecular weight is 721 g/mol. The lowest BCUT2D eigenvalue weighted by Gasteiger charge is -2.40. The number of rotatable bonds is 7. The Balaban J connectivity index is 1.19. The summed E-state index contributed by atoms with van der Waals surface area (Å²) < 4.78 is 32.5. The zero-order chi connectivity index (χ0) is 35.8. The molecule has 0 saturated carbocycles. The van der Waals surface area contributed by atoms with Gasteiger partial charge in [-0.2, -0.15) is 0 Å². The first-order valence-electron chi connectivity index (χ1n) is 17.1. The fourth-order valence-electron chi connectivity index (χ4n) is 7.48. The molecule has 0 aromatic heterocycles. The number of hydrogen-bond donors (Lipinski definition) is 1. The van der Waals surface area contributed by atoms with Crippen LogP contribution in [0.3, 0.4) is 0 Å². The topological polar surface area (TPSA) is 116 Å². The second-order valence-electron chi connectivity index (χ2n) is 14.8. The fourth-order valence-corrected chi connectivity index (χ4v) is 8.60. The van der Waals surface area contributed by atoms with E-state index < -0.39 is 33.8 Å². The van der Waals surface area contributed by atoms with Crippen molar-refractivity contribution in [1.82, 2.24) is 15.1 Å². The van der Waals surface area contributed by atoms with Gasteiger partial charge in [0.15, 0.2) is 0 Å². The summed E-state index contributed by atoms with van der Waals surface area (Å²) in [5.41, 5.74) is 3.47. The van der Waals surface area contributed by atoms with Crippen LogP contribution in [0.4, 0.5) is 10.5 Å². The van der Waals surface area contributed by atoms with Crippen molar-refractivity contribution in [2.24, 2.45) is 0 Å². The quantitative estimate of drug-likeness (QED) is 0.347. The van der Waals surface area contributed by atoms with Crippen LogP contribution in [0.2, 0.25) is 5.02 Å². The third kappa shape index (κ3) is 7.78. The molecule has 1 saturated heterocycles. The highest BCUT2D eigenvalue weighted by atomic mass is 35.5. The summed E-state index contributed by atoms with van der Waals surface area (Å²) in [6, 6.07) is 21.3. The smallest absolute Gasteiger partial charge is 0.411 e. The van der Waals surface area contributed by atoms with Gasteiger partial charge in [0.05, 0.1) is 18.5 Å². The standard InChI is InChI=1S/C38H45ClN4O6S/c1-37(2,3)49-36(46)42-24-28-10-6-5-9-27(28)22-33(42)35(45)40-30(21-26-13-15-29(39)16-14-26)23-34(44)41-19-17-38(18-20-41)25-43(50(4,47)48)32-12-8-7-11-31(32)38/h5-16,30,33H,17-25H2,1-4H3,(H,40,45)/t30-,33?/m0/s1. The number of carbonyl (C=O) groups is 3. The van der Waals surface area contributed by atoms with Crippen LogP contribution in [0.25, 0.3) is 0 Å². The first-order valence-corrected chi connectivity index (χ1v) is 19.3. The molecule has 3 aromatic carbocycles. The summed E-state index contributed by atoms with van der Waals surface area (Å²) in [6.07, 6.45) is 2.69. The molecule has 1 unspecified atom stereocenters. The maximum Gasteiger partial charge on any atom is 0.411 e. The molecule has 50 heavy (non-hydrogen) atoms. The maximum atomic E-state index is 14.1. The average Bonchev–Trinajstić information content (AvgIpc) is 3.39. The number of amides is 3. The zero-order valence-electron chi connectivity index (χ0n) is 29.0. The normalized spacial score (nSPS) is 19.1. The third-order valence-electron chi connectivity index (χ3n) is 10.0. The van der Waals surface area contributed by atoms with Gasteiger partial charge in [-0.15, -0.1) is 0 Å². The fraction of sp³-hybridized carbons (Fsp3) is 0.447. The minimum atomic E-state index is -3.45. The molecule has 1 spiro atoms. The highest BCUT2D eigenvalue weighted by Gasteiger charge is 2.47. The summed E-state index contributed by atoms with van der Waals surface area (Å²) >= 11 is 6.15. The number of benzene rings is 3. The molecular weight excluding hydrogens is 676 g/mol. The van der Waals surface area contributed by atoms with Crippen molar-refractivity contribution in [3.05, 3.63) is 100 Å². The molecule has 266 valence electrons. The first-order chi connectivity index (χ1) is 23.6. The van der Waals surface area contributed by atoms with Gasteiger partial charge in [-0.05, 0) is 80.5 Å². The van der Waals surface area contributed by atoms with Crippen LogP contribution in [0.15, 0.2) is 72.8 Å². The molecule has 0 aliphatic carbocycles. The Hall–Kier alpha value is -4.09. The van der Waals surface area contributed by atoms with E-state index in [4.69, 9.17) is 16.3 Å². The number of carbonyl (C=O) groups excluding carboxylic acids is 3. The molecule has 1 fully saturated rings. The van der Waals surface area contributed by atoms with E-state index in [9.17, 15) is 22.8 Å². The second-order valence-corrected chi connectivity index (χ2v) is 17.1. The predicted octanol–water partition coefficient (Wildman–Crippen LogP) is 5.46. The molecule has 12 heteroatoms. The number of sulfonamides is 1. The van der Waals surface area contributed by atoms with Crippen LogP contribution in [0.1, 0.15) is 62.3 Å². The van der Waals surface area contributed by atoms with E-state index in [1.165, 1.54) is 15.5 Å². The van der Waals surface area contributed by atoms with Gasteiger partial charge in [-0.3, -0.25) is 18.8 Å². The van der Waals surface area contributed by atoms with Gasteiger partial charge in [-0.25, -0.2) is 13.2 Å². The molecule has 3 aliphatic heterocycles. The number of hydrogen-bond acceptors (Lipinski definition) is 6. The number of nitrogens with zero attached hydrogens (tertiary/aromatic N) is 3. The summed E-state index contributed by atoms with van der Waals surface area (Å²) in [4.78, 5) is 44.8. The Morgan fingerprint density at radius 1 is 0.960 bits per heavy atom. The highest BCUT2D eigenvalue weighted by molar-refractivity contribution is 7.92. The van der Waals surface area contributed by atoms with E-state index in [0.29, 0.717) is 56.0 Å². The minimum absolute atomic E-state index is 0.0587. The van der Waals surface area contributed by atoms with Gasteiger partial charge < -0.3 is 15.0 Å². The van der Waals surface area contributed by atoms with Crippen LogP contribution in [-0.4, -0.2) is 79.7 Å². The maximum absolute atomic E-state index is 14.1. The molecule has 0 bridgehead atoms. The molecule has 3 heterocycles. The number of para-hydroxylation sites is 1. The summed E-state index contributed by atoms with van der Waals surface area (Å²) in [7, 11) is -3.45. The van der Waals surface area contributed by atoms with Gasteiger partial charge in [0.2, 0.25) is 21.8 Å². The van der Waals surface area contributed by atoms with Crippen molar-refractivity contribution >= 4 is 45.2 Å². The predicted molar refractivity (Wildman–Crippen MR) is 194 cm³/mol. The first kappa shape index (κ1) is 35.7. The van der Waals surface area contributed by atoms with Crippen molar-refractivity contribution in [2.75, 3.05) is 30.2 Å². The zero-order valence-corrected chi connectivity index (χ0v) is 30.6. The third-order valence-corrected chi connectivity index (χ3v) is 11.4.